The minimum absolute atomic E-state index is 0.162. The molecule has 0 spiro atoms. The predicted octanol–water partition coefficient (Wildman–Crippen LogP) is 2.60. The van der Waals surface area contributed by atoms with Crippen LogP contribution in [0.1, 0.15) is 28.6 Å². The maximum atomic E-state index is 11.9. The van der Waals surface area contributed by atoms with Crippen LogP contribution in [0.15, 0.2) is 36.5 Å². The summed E-state index contributed by atoms with van der Waals surface area (Å²) in [7, 11) is 0. The van der Waals surface area contributed by atoms with Crippen LogP contribution >= 0.6 is 11.3 Å². The van der Waals surface area contributed by atoms with Gasteiger partial charge in [-0.1, -0.05) is 18.2 Å². The summed E-state index contributed by atoms with van der Waals surface area (Å²) in [6, 6.07) is 8.68. The number of rotatable bonds is 5. The number of carbonyl (C=O) groups is 2. The Balaban J connectivity index is 1.82. The summed E-state index contributed by atoms with van der Waals surface area (Å²) >= 11 is 1.42. The van der Waals surface area contributed by atoms with Gasteiger partial charge in [-0.2, -0.15) is 0 Å². The fraction of sp³-hybridized carbons (Fsp3) is 0.267. The highest BCUT2D eigenvalue weighted by molar-refractivity contribution is 7.15. The number of anilines is 1. The molecule has 0 radical (unpaired) electrons. The van der Waals surface area contributed by atoms with Crippen LogP contribution in [0.2, 0.25) is 0 Å². The molecule has 1 heterocycles. The quantitative estimate of drug-likeness (QED) is 0.892. The molecule has 0 saturated carbocycles. The van der Waals surface area contributed by atoms with Gasteiger partial charge >= 0.3 is 0 Å². The van der Waals surface area contributed by atoms with Crippen LogP contribution in [0.3, 0.4) is 0 Å². The standard InChI is InChI=1S/C15H17N3O2S/c1-10(17-14(20)12-6-4-3-5-7-12)8-13(19)18-15-16-9-11(2)21-15/h3-7,9-10H,8H2,1-2H3,(H,17,20)(H,16,18,19)/t10-/m1/s1. The molecule has 110 valence electrons. The molecule has 5 nitrogen and oxygen atoms in total. The number of aromatic nitrogens is 1. The van der Waals surface area contributed by atoms with E-state index in [1.165, 1.54) is 11.3 Å². The van der Waals surface area contributed by atoms with Crippen molar-refractivity contribution < 1.29 is 9.59 Å². The number of nitrogens with one attached hydrogen (secondary N) is 2. The lowest BCUT2D eigenvalue weighted by Crippen LogP contribution is -2.35. The first-order chi connectivity index (χ1) is 10.0. The van der Waals surface area contributed by atoms with Gasteiger partial charge in [0.1, 0.15) is 0 Å². The van der Waals surface area contributed by atoms with Gasteiger partial charge in [-0.05, 0) is 26.0 Å². The zero-order chi connectivity index (χ0) is 15.2. The van der Waals surface area contributed by atoms with E-state index in [1.807, 2.05) is 13.0 Å². The van der Waals surface area contributed by atoms with Crippen LogP contribution in [-0.4, -0.2) is 22.8 Å². The van der Waals surface area contributed by atoms with Gasteiger partial charge in [0.25, 0.3) is 5.91 Å². The van der Waals surface area contributed by atoms with E-state index in [1.54, 1.807) is 37.4 Å². The number of amides is 2. The van der Waals surface area contributed by atoms with Crippen LogP contribution in [-0.2, 0) is 4.79 Å². The normalized spacial score (nSPS) is 11.7. The molecule has 0 aliphatic rings. The highest BCUT2D eigenvalue weighted by atomic mass is 32.1. The summed E-state index contributed by atoms with van der Waals surface area (Å²) < 4.78 is 0. The Hall–Kier alpha value is -2.21. The smallest absolute Gasteiger partial charge is 0.251 e. The predicted molar refractivity (Wildman–Crippen MR) is 83.5 cm³/mol. The first-order valence-electron chi connectivity index (χ1n) is 6.63. The summed E-state index contributed by atoms with van der Waals surface area (Å²) in [6.45, 7) is 3.73. The number of hydrogen-bond acceptors (Lipinski definition) is 4. The number of aryl methyl sites for hydroxylation is 1. The van der Waals surface area contributed by atoms with Crippen molar-refractivity contribution in [1.82, 2.24) is 10.3 Å². The second-order valence-corrected chi connectivity index (χ2v) is 6.00. The zero-order valence-electron chi connectivity index (χ0n) is 11.9. The molecule has 0 aliphatic carbocycles. The molecule has 2 N–H and O–H groups in total. The summed E-state index contributed by atoms with van der Waals surface area (Å²) in [6.07, 6.45) is 1.91. The van der Waals surface area contributed by atoms with E-state index in [2.05, 4.69) is 15.6 Å². The van der Waals surface area contributed by atoms with Crippen LogP contribution in [0.5, 0.6) is 0 Å². The third kappa shape index (κ3) is 4.68. The first kappa shape index (κ1) is 15.2. The van der Waals surface area contributed by atoms with Crippen molar-refractivity contribution in [3.05, 3.63) is 47.0 Å². The van der Waals surface area contributed by atoms with Gasteiger partial charge in [-0.15, -0.1) is 11.3 Å². The number of carbonyl (C=O) groups excluding carboxylic acids is 2. The fourth-order valence-electron chi connectivity index (χ4n) is 1.81. The lowest BCUT2D eigenvalue weighted by molar-refractivity contribution is -0.116. The molecule has 2 rings (SSSR count). The van der Waals surface area contributed by atoms with E-state index in [0.717, 1.165) is 4.88 Å². The second kappa shape index (κ2) is 6.99. The van der Waals surface area contributed by atoms with Crippen molar-refractivity contribution >= 4 is 28.3 Å². The van der Waals surface area contributed by atoms with Gasteiger partial charge in [-0.3, -0.25) is 9.59 Å². The van der Waals surface area contributed by atoms with Gasteiger partial charge in [-0.25, -0.2) is 4.98 Å². The summed E-state index contributed by atoms with van der Waals surface area (Å²) in [5.74, 6) is -0.341. The molecule has 0 saturated heterocycles. The summed E-state index contributed by atoms with van der Waals surface area (Å²) in [4.78, 5) is 28.9. The fourth-order valence-corrected chi connectivity index (χ4v) is 2.49. The van der Waals surface area contributed by atoms with E-state index < -0.39 is 0 Å². The van der Waals surface area contributed by atoms with E-state index in [4.69, 9.17) is 0 Å². The van der Waals surface area contributed by atoms with Gasteiger partial charge in [0.2, 0.25) is 5.91 Å². The van der Waals surface area contributed by atoms with E-state index in [-0.39, 0.29) is 24.3 Å². The van der Waals surface area contributed by atoms with Gasteiger partial charge in [0.05, 0.1) is 0 Å². The van der Waals surface area contributed by atoms with Crippen LogP contribution < -0.4 is 10.6 Å². The maximum Gasteiger partial charge on any atom is 0.251 e. The third-order valence-electron chi connectivity index (χ3n) is 2.77. The lowest BCUT2D eigenvalue weighted by Gasteiger charge is -2.13. The highest BCUT2D eigenvalue weighted by Crippen LogP contribution is 2.16. The molecule has 0 fully saturated rings. The molecule has 1 aromatic carbocycles. The highest BCUT2D eigenvalue weighted by Gasteiger charge is 2.14. The molecule has 2 aromatic rings. The monoisotopic (exact) mass is 303 g/mol. The maximum absolute atomic E-state index is 11.9. The largest absolute Gasteiger partial charge is 0.349 e. The third-order valence-corrected chi connectivity index (χ3v) is 3.60. The Morgan fingerprint density at radius 1 is 1.29 bits per heavy atom. The van der Waals surface area contributed by atoms with Crippen molar-refractivity contribution in [3.63, 3.8) is 0 Å². The van der Waals surface area contributed by atoms with Crippen molar-refractivity contribution in [2.45, 2.75) is 26.3 Å². The molecule has 21 heavy (non-hydrogen) atoms. The van der Waals surface area contributed by atoms with E-state index in [0.29, 0.717) is 10.7 Å². The second-order valence-electron chi connectivity index (χ2n) is 4.77. The minimum Gasteiger partial charge on any atom is -0.349 e. The first-order valence-corrected chi connectivity index (χ1v) is 7.44. The van der Waals surface area contributed by atoms with Crippen molar-refractivity contribution in [2.75, 3.05) is 5.32 Å². The Morgan fingerprint density at radius 2 is 2.00 bits per heavy atom. The summed E-state index contributed by atoms with van der Waals surface area (Å²) in [5.41, 5.74) is 0.584. The SMILES string of the molecule is Cc1cnc(NC(=O)C[C@@H](C)NC(=O)c2ccccc2)s1. The molecule has 6 heteroatoms. The molecule has 0 bridgehead atoms. The molecule has 2 amide bonds. The molecular weight excluding hydrogens is 286 g/mol. The van der Waals surface area contributed by atoms with Crippen LogP contribution in [0.25, 0.3) is 0 Å². The number of thiazole rings is 1. The lowest BCUT2D eigenvalue weighted by atomic mass is 10.1. The van der Waals surface area contributed by atoms with Gasteiger partial charge < -0.3 is 10.6 Å². The average Bonchev–Trinajstić information content (AvgIpc) is 2.84. The number of benzene rings is 1. The Kier molecular flexibility index (Phi) is 5.05. The Morgan fingerprint density at radius 3 is 2.62 bits per heavy atom. The zero-order valence-corrected chi connectivity index (χ0v) is 12.7. The van der Waals surface area contributed by atoms with E-state index in [9.17, 15) is 9.59 Å². The van der Waals surface area contributed by atoms with Crippen molar-refractivity contribution in [2.24, 2.45) is 0 Å². The summed E-state index contributed by atoms with van der Waals surface area (Å²) in [5, 5.41) is 6.11. The molecule has 1 atom stereocenters. The topological polar surface area (TPSA) is 71.1 Å². The van der Waals surface area contributed by atoms with Crippen LogP contribution in [0.4, 0.5) is 5.13 Å². The molecule has 0 aliphatic heterocycles. The molecule has 0 unspecified atom stereocenters. The average molecular weight is 303 g/mol. The number of nitrogens with zero attached hydrogens (tertiary/aromatic N) is 1. The van der Waals surface area contributed by atoms with Gasteiger partial charge in [0.15, 0.2) is 5.13 Å². The van der Waals surface area contributed by atoms with Gasteiger partial charge in [0, 0.05) is 29.1 Å². The van der Waals surface area contributed by atoms with E-state index >= 15 is 0 Å². The molecular formula is C15H17N3O2S. The van der Waals surface area contributed by atoms with Crippen molar-refractivity contribution in [1.29, 1.82) is 0 Å². The van der Waals surface area contributed by atoms with Crippen molar-refractivity contribution in [3.8, 4) is 0 Å². The van der Waals surface area contributed by atoms with Crippen LogP contribution in [0, 0.1) is 6.92 Å². The number of hydrogen-bond donors (Lipinski definition) is 2. The molecule has 1 aromatic heterocycles. The minimum atomic E-state index is -0.251. The Bertz CT molecular complexity index is 625. The Labute approximate surface area is 127 Å².